The van der Waals surface area contributed by atoms with Crippen LogP contribution in [0.4, 0.5) is 5.00 Å². The minimum atomic E-state index is -1.00. The molecular formula is C12H11N3O3S. The summed E-state index contributed by atoms with van der Waals surface area (Å²) >= 11 is 1.01. The molecule has 0 aliphatic heterocycles. The molecule has 19 heavy (non-hydrogen) atoms. The van der Waals surface area contributed by atoms with E-state index in [9.17, 15) is 9.59 Å². The molecule has 0 radical (unpaired) electrons. The third-order valence-corrected chi connectivity index (χ3v) is 3.50. The van der Waals surface area contributed by atoms with Gasteiger partial charge in [0, 0.05) is 6.20 Å². The Morgan fingerprint density at radius 2 is 2.00 bits per heavy atom. The Hall–Kier alpha value is -2.28. The highest BCUT2D eigenvalue weighted by Crippen LogP contribution is 2.26. The number of nitrogens with zero attached hydrogens (tertiary/aromatic N) is 2. The third-order valence-electron chi connectivity index (χ3n) is 2.36. The molecule has 2 aromatic rings. The van der Waals surface area contributed by atoms with Gasteiger partial charge in [0.2, 0.25) is 0 Å². The number of nitrogens with one attached hydrogen (secondary N) is 1. The Bertz CT molecular complexity index is 634. The monoisotopic (exact) mass is 277 g/mol. The summed E-state index contributed by atoms with van der Waals surface area (Å²) in [5, 5.41) is 12.0. The number of amides is 1. The summed E-state index contributed by atoms with van der Waals surface area (Å²) in [5.74, 6) is -1.41. The zero-order chi connectivity index (χ0) is 14.0. The van der Waals surface area contributed by atoms with Crippen LogP contribution in [0.5, 0.6) is 0 Å². The summed E-state index contributed by atoms with van der Waals surface area (Å²) in [6.07, 6.45) is 2.88. The maximum Gasteiger partial charge on any atom is 0.346 e. The highest BCUT2D eigenvalue weighted by atomic mass is 32.1. The van der Waals surface area contributed by atoms with E-state index in [2.05, 4.69) is 15.3 Å². The van der Waals surface area contributed by atoms with Crippen molar-refractivity contribution in [2.75, 3.05) is 5.32 Å². The molecule has 0 aliphatic rings. The number of hydrogen-bond donors (Lipinski definition) is 2. The van der Waals surface area contributed by atoms with Gasteiger partial charge >= 0.3 is 5.97 Å². The molecule has 0 saturated heterocycles. The lowest BCUT2D eigenvalue weighted by Gasteiger charge is -2.01. The molecule has 2 heterocycles. The fourth-order valence-electron chi connectivity index (χ4n) is 1.44. The molecule has 0 spiro atoms. The van der Waals surface area contributed by atoms with Crippen LogP contribution < -0.4 is 5.32 Å². The normalized spacial score (nSPS) is 10.2. The average molecular weight is 277 g/mol. The number of aromatic nitrogens is 2. The van der Waals surface area contributed by atoms with E-state index < -0.39 is 11.9 Å². The molecule has 1 amide bonds. The van der Waals surface area contributed by atoms with E-state index in [-0.39, 0.29) is 10.6 Å². The summed E-state index contributed by atoms with van der Waals surface area (Å²) < 4.78 is 0. The highest BCUT2D eigenvalue weighted by molar-refractivity contribution is 7.18. The molecule has 0 fully saturated rings. The van der Waals surface area contributed by atoms with Crippen LogP contribution in [0.1, 0.15) is 31.4 Å². The predicted octanol–water partition coefficient (Wildman–Crippen LogP) is 2.11. The summed E-state index contributed by atoms with van der Waals surface area (Å²) in [5.41, 5.74) is 1.52. The Balaban J connectivity index is 2.17. The Morgan fingerprint density at radius 3 is 2.53 bits per heavy atom. The fourth-order valence-corrected chi connectivity index (χ4v) is 2.35. The number of hydrogen-bond acceptors (Lipinski definition) is 5. The number of carboxylic acids is 1. The summed E-state index contributed by atoms with van der Waals surface area (Å²) in [6.45, 7) is 3.46. The number of carbonyl (C=O) groups excluding carboxylic acids is 1. The van der Waals surface area contributed by atoms with Crippen LogP contribution in [-0.4, -0.2) is 27.0 Å². The molecular weight excluding hydrogens is 266 g/mol. The average Bonchev–Trinajstić information content (AvgIpc) is 2.71. The first-order valence-corrected chi connectivity index (χ1v) is 6.22. The molecule has 0 aliphatic carbocycles. The standard InChI is InChI=1S/C12H11N3O3S/c1-6-3-9(19-10(6)12(17)18)15-11(16)8-5-13-7(2)4-14-8/h3-5H,1-2H3,(H,15,16)(H,17,18). The first-order chi connectivity index (χ1) is 8.97. The van der Waals surface area contributed by atoms with E-state index in [4.69, 9.17) is 5.11 Å². The van der Waals surface area contributed by atoms with Crippen molar-refractivity contribution in [3.8, 4) is 0 Å². The van der Waals surface area contributed by atoms with Crippen LogP contribution in [-0.2, 0) is 0 Å². The summed E-state index contributed by atoms with van der Waals surface area (Å²) in [6, 6.07) is 1.62. The van der Waals surface area contributed by atoms with Crippen molar-refractivity contribution in [1.82, 2.24) is 9.97 Å². The van der Waals surface area contributed by atoms with Gasteiger partial charge in [-0.3, -0.25) is 9.78 Å². The van der Waals surface area contributed by atoms with Gasteiger partial charge in [0.1, 0.15) is 10.6 Å². The van der Waals surface area contributed by atoms with Crippen LogP contribution in [0.15, 0.2) is 18.5 Å². The molecule has 0 aromatic carbocycles. The molecule has 2 N–H and O–H groups in total. The maximum absolute atomic E-state index is 11.9. The molecule has 0 unspecified atom stereocenters. The van der Waals surface area contributed by atoms with Crippen LogP contribution in [0.3, 0.4) is 0 Å². The number of carboxylic acid groups (broad SMARTS) is 1. The quantitative estimate of drug-likeness (QED) is 0.896. The van der Waals surface area contributed by atoms with Crippen LogP contribution in [0.2, 0.25) is 0 Å². The number of aromatic carboxylic acids is 1. The smallest absolute Gasteiger partial charge is 0.346 e. The maximum atomic E-state index is 11.9. The van der Waals surface area contributed by atoms with Crippen LogP contribution in [0.25, 0.3) is 0 Å². The van der Waals surface area contributed by atoms with Crippen molar-refractivity contribution in [1.29, 1.82) is 0 Å². The van der Waals surface area contributed by atoms with Gasteiger partial charge in [0.15, 0.2) is 0 Å². The largest absolute Gasteiger partial charge is 0.477 e. The molecule has 2 aromatic heterocycles. The third kappa shape index (κ3) is 2.94. The molecule has 2 rings (SSSR count). The van der Waals surface area contributed by atoms with Crippen molar-refractivity contribution in [2.45, 2.75) is 13.8 Å². The van der Waals surface area contributed by atoms with Gasteiger partial charge < -0.3 is 10.4 Å². The second kappa shape index (κ2) is 5.15. The topological polar surface area (TPSA) is 92.2 Å². The molecule has 0 saturated carbocycles. The van der Waals surface area contributed by atoms with Crippen LogP contribution >= 0.6 is 11.3 Å². The van der Waals surface area contributed by atoms with E-state index in [0.29, 0.717) is 10.6 Å². The lowest BCUT2D eigenvalue weighted by Crippen LogP contribution is -2.13. The lowest BCUT2D eigenvalue weighted by atomic mass is 10.3. The minimum absolute atomic E-state index is 0.188. The molecule has 0 atom stereocenters. The Kier molecular flexibility index (Phi) is 3.57. The van der Waals surface area contributed by atoms with Gasteiger partial charge in [0.25, 0.3) is 5.91 Å². The number of carbonyl (C=O) groups is 2. The number of anilines is 1. The van der Waals surface area contributed by atoms with E-state index in [0.717, 1.165) is 17.0 Å². The zero-order valence-electron chi connectivity index (χ0n) is 10.3. The van der Waals surface area contributed by atoms with Crippen molar-refractivity contribution >= 4 is 28.2 Å². The Morgan fingerprint density at radius 1 is 1.26 bits per heavy atom. The summed E-state index contributed by atoms with van der Waals surface area (Å²) in [7, 11) is 0. The molecule has 6 nitrogen and oxygen atoms in total. The van der Waals surface area contributed by atoms with E-state index in [1.54, 1.807) is 19.9 Å². The van der Waals surface area contributed by atoms with Crippen molar-refractivity contribution in [2.24, 2.45) is 0 Å². The second-order valence-corrected chi connectivity index (χ2v) is 4.98. The molecule has 0 bridgehead atoms. The number of thiophene rings is 1. The van der Waals surface area contributed by atoms with Crippen molar-refractivity contribution in [3.05, 3.63) is 40.3 Å². The minimum Gasteiger partial charge on any atom is -0.477 e. The fraction of sp³-hybridized carbons (Fsp3) is 0.167. The second-order valence-electron chi connectivity index (χ2n) is 3.93. The number of rotatable bonds is 3. The van der Waals surface area contributed by atoms with E-state index in [1.165, 1.54) is 12.4 Å². The zero-order valence-corrected chi connectivity index (χ0v) is 11.1. The predicted molar refractivity (Wildman–Crippen MR) is 70.7 cm³/mol. The van der Waals surface area contributed by atoms with Crippen molar-refractivity contribution < 1.29 is 14.7 Å². The SMILES string of the molecule is Cc1cnc(C(=O)Nc2cc(C)c(C(=O)O)s2)cn1. The van der Waals surface area contributed by atoms with E-state index >= 15 is 0 Å². The highest BCUT2D eigenvalue weighted by Gasteiger charge is 2.15. The Labute approximate surface area is 113 Å². The van der Waals surface area contributed by atoms with Gasteiger partial charge in [-0.05, 0) is 25.5 Å². The van der Waals surface area contributed by atoms with Gasteiger partial charge in [-0.2, -0.15) is 0 Å². The first kappa shape index (κ1) is 13.2. The van der Waals surface area contributed by atoms with Gasteiger partial charge in [-0.1, -0.05) is 0 Å². The lowest BCUT2D eigenvalue weighted by molar-refractivity contribution is 0.0701. The molecule has 7 heteroatoms. The molecule has 98 valence electrons. The summed E-state index contributed by atoms with van der Waals surface area (Å²) in [4.78, 5) is 30.9. The first-order valence-electron chi connectivity index (χ1n) is 5.41. The number of aryl methyl sites for hydroxylation is 2. The van der Waals surface area contributed by atoms with E-state index in [1.807, 2.05) is 0 Å². The van der Waals surface area contributed by atoms with Crippen molar-refractivity contribution in [3.63, 3.8) is 0 Å². The van der Waals surface area contributed by atoms with Gasteiger partial charge in [-0.15, -0.1) is 11.3 Å². The van der Waals surface area contributed by atoms with Crippen LogP contribution in [0, 0.1) is 13.8 Å². The van der Waals surface area contributed by atoms with Gasteiger partial charge in [-0.25, -0.2) is 9.78 Å². The van der Waals surface area contributed by atoms with Gasteiger partial charge in [0.05, 0.1) is 16.9 Å².